The summed E-state index contributed by atoms with van der Waals surface area (Å²) in [6.07, 6.45) is -4.26. The lowest BCUT2D eigenvalue weighted by Gasteiger charge is -2.35. The summed E-state index contributed by atoms with van der Waals surface area (Å²) in [6, 6.07) is 1.46. The molecular weight excluding hydrogens is 344 g/mol. The fourth-order valence-corrected chi connectivity index (χ4v) is 3.19. The molecule has 1 atom stereocenters. The summed E-state index contributed by atoms with van der Waals surface area (Å²) < 4.78 is 39.7. The molecule has 1 aliphatic rings. The Bertz CT molecular complexity index is 380. The van der Waals surface area contributed by atoms with Gasteiger partial charge in [0.25, 0.3) is 0 Å². The molecule has 0 aliphatic carbocycles. The maximum atomic E-state index is 13.1. The van der Waals surface area contributed by atoms with Crippen LogP contribution < -0.4 is 5.32 Å². The van der Waals surface area contributed by atoms with Crippen LogP contribution in [0, 0.1) is 0 Å². The van der Waals surface area contributed by atoms with Crippen molar-refractivity contribution in [1.29, 1.82) is 0 Å². The van der Waals surface area contributed by atoms with Gasteiger partial charge in [-0.1, -0.05) is 11.6 Å². The van der Waals surface area contributed by atoms with Crippen molar-refractivity contribution in [2.24, 2.45) is 0 Å². The maximum Gasteiger partial charge on any atom is 0.408 e. The highest BCUT2D eigenvalue weighted by atomic mass is 35.5. The first kappa shape index (κ1) is 19.3. The first-order valence-electron chi connectivity index (χ1n) is 5.25. The Balaban J connectivity index is 0.00000162. The molecule has 112 valence electrons. The van der Waals surface area contributed by atoms with Crippen molar-refractivity contribution in [3.05, 3.63) is 21.3 Å². The van der Waals surface area contributed by atoms with Gasteiger partial charge < -0.3 is 5.32 Å². The molecule has 0 saturated carbocycles. The average Bonchev–Trinajstić information content (AvgIpc) is 2.64. The van der Waals surface area contributed by atoms with E-state index in [1.54, 1.807) is 0 Å². The van der Waals surface area contributed by atoms with Gasteiger partial charge in [-0.25, -0.2) is 0 Å². The lowest BCUT2D eigenvalue weighted by molar-refractivity contribution is -0.186. The van der Waals surface area contributed by atoms with Gasteiger partial charge in [0.2, 0.25) is 0 Å². The third-order valence-electron chi connectivity index (χ3n) is 2.69. The van der Waals surface area contributed by atoms with Crippen LogP contribution in [0.1, 0.15) is 10.9 Å². The van der Waals surface area contributed by atoms with Crippen LogP contribution in [0.2, 0.25) is 4.34 Å². The summed E-state index contributed by atoms with van der Waals surface area (Å²) in [4.78, 5) is 1.72. The van der Waals surface area contributed by atoms with Crippen molar-refractivity contribution in [1.82, 2.24) is 10.2 Å². The molecule has 2 heterocycles. The van der Waals surface area contributed by atoms with Crippen LogP contribution in [-0.2, 0) is 0 Å². The van der Waals surface area contributed by atoms with Gasteiger partial charge in [-0.15, -0.1) is 36.2 Å². The van der Waals surface area contributed by atoms with Gasteiger partial charge >= 0.3 is 6.18 Å². The Hall–Kier alpha value is 0.280. The normalized spacial score (nSPS) is 18.3. The zero-order valence-corrected chi connectivity index (χ0v) is 12.9. The van der Waals surface area contributed by atoms with Gasteiger partial charge in [0.15, 0.2) is 0 Å². The van der Waals surface area contributed by atoms with Crippen LogP contribution >= 0.6 is 47.8 Å². The number of hydrogen-bond acceptors (Lipinski definition) is 3. The van der Waals surface area contributed by atoms with E-state index >= 15 is 0 Å². The molecule has 2 nitrogen and oxygen atoms in total. The van der Waals surface area contributed by atoms with Crippen molar-refractivity contribution < 1.29 is 13.2 Å². The van der Waals surface area contributed by atoms with Gasteiger partial charge in [0.1, 0.15) is 6.04 Å². The van der Waals surface area contributed by atoms with E-state index in [0.717, 1.165) is 11.3 Å². The topological polar surface area (TPSA) is 15.3 Å². The molecule has 1 fully saturated rings. The van der Waals surface area contributed by atoms with Crippen LogP contribution in [0.3, 0.4) is 0 Å². The Kier molecular flexibility index (Phi) is 8.02. The fraction of sp³-hybridized carbons (Fsp3) is 0.600. The van der Waals surface area contributed by atoms with E-state index < -0.39 is 12.2 Å². The predicted molar refractivity (Wildman–Crippen MR) is 77.1 cm³/mol. The maximum absolute atomic E-state index is 13.1. The van der Waals surface area contributed by atoms with Crippen molar-refractivity contribution in [2.75, 3.05) is 26.2 Å². The van der Waals surface area contributed by atoms with E-state index in [1.165, 1.54) is 17.0 Å². The van der Waals surface area contributed by atoms with Crippen molar-refractivity contribution in [3.63, 3.8) is 0 Å². The second-order valence-corrected chi connectivity index (χ2v) is 5.62. The highest BCUT2D eigenvalue weighted by Gasteiger charge is 2.45. The van der Waals surface area contributed by atoms with Gasteiger partial charge in [-0.3, -0.25) is 4.90 Å². The van der Waals surface area contributed by atoms with Crippen molar-refractivity contribution in [2.45, 2.75) is 12.2 Å². The summed E-state index contributed by atoms with van der Waals surface area (Å²) >= 11 is 6.71. The smallest absolute Gasteiger partial charge is 0.314 e. The molecule has 0 aromatic carbocycles. The van der Waals surface area contributed by atoms with Crippen LogP contribution in [0.25, 0.3) is 0 Å². The minimum atomic E-state index is -4.26. The number of piperazine rings is 1. The molecule has 0 spiro atoms. The first-order chi connectivity index (χ1) is 7.98. The summed E-state index contributed by atoms with van der Waals surface area (Å²) in [5.41, 5.74) is 0. The zero-order valence-electron chi connectivity index (χ0n) is 9.74. The molecule has 1 aromatic heterocycles. The number of thiophene rings is 1. The van der Waals surface area contributed by atoms with E-state index in [2.05, 4.69) is 5.32 Å². The molecule has 9 heteroatoms. The fourth-order valence-electron chi connectivity index (χ4n) is 1.96. The Morgan fingerprint density at radius 1 is 1.21 bits per heavy atom. The quantitative estimate of drug-likeness (QED) is 0.867. The molecule has 1 saturated heterocycles. The third kappa shape index (κ3) is 4.95. The van der Waals surface area contributed by atoms with Crippen LogP contribution in [0.15, 0.2) is 12.1 Å². The lowest BCUT2D eigenvalue weighted by Crippen LogP contribution is -2.48. The highest BCUT2D eigenvalue weighted by molar-refractivity contribution is 7.16. The average molecular weight is 358 g/mol. The van der Waals surface area contributed by atoms with Crippen LogP contribution in [0.5, 0.6) is 0 Å². The van der Waals surface area contributed by atoms with Crippen molar-refractivity contribution in [3.8, 4) is 0 Å². The highest BCUT2D eigenvalue weighted by Crippen LogP contribution is 2.41. The summed E-state index contributed by atoms with van der Waals surface area (Å²) in [7, 11) is 0. The predicted octanol–water partition coefficient (Wildman–Crippen LogP) is 3.75. The molecule has 1 aliphatic heterocycles. The third-order valence-corrected chi connectivity index (χ3v) is 3.97. The number of rotatable bonds is 2. The van der Waals surface area contributed by atoms with E-state index in [-0.39, 0.29) is 29.7 Å². The van der Waals surface area contributed by atoms with E-state index in [9.17, 15) is 13.2 Å². The monoisotopic (exact) mass is 356 g/mol. The minimum Gasteiger partial charge on any atom is -0.314 e. The molecular formula is C10H14Cl3F3N2S. The number of alkyl halides is 3. The zero-order chi connectivity index (χ0) is 12.5. The SMILES string of the molecule is Cl.Cl.FC(F)(F)[C@H](c1ccc(Cl)s1)N1CCNCC1. The van der Waals surface area contributed by atoms with Gasteiger partial charge in [-0.2, -0.15) is 13.2 Å². The summed E-state index contributed by atoms with van der Waals surface area (Å²) in [5, 5.41) is 3.05. The van der Waals surface area contributed by atoms with Crippen LogP contribution in [-0.4, -0.2) is 37.3 Å². The van der Waals surface area contributed by atoms with Gasteiger partial charge in [0.05, 0.1) is 4.34 Å². The number of nitrogens with one attached hydrogen (secondary N) is 1. The summed E-state index contributed by atoms with van der Waals surface area (Å²) in [6.45, 7) is 1.98. The summed E-state index contributed by atoms with van der Waals surface area (Å²) in [5.74, 6) is 0. The Morgan fingerprint density at radius 3 is 2.21 bits per heavy atom. The van der Waals surface area contributed by atoms with Crippen LogP contribution in [0.4, 0.5) is 13.2 Å². The first-order valence-corrected chi connectivity index (χ1v) is 6.44. The van der Waals surface area contributed by atoms with Gasteiger partial charge in [-0.05, 0) is 12.1 Å². The molecule has 19 heavy (non-hydrogen) atoms. The van der Waals surface area contributed by atoms with Gasteiger partial charge in [0, 0.05) is 31.1 Å². The minimum absolute atomic E-state index is 0. The van der Waals surface area contributed by atoms with E-state index in [1.807, 2.05) is 0 Å². The second kappa shape index (κ2) is 7.90. The molecule has 1 aromatic rings. The Labute approximate surface area is 131 Å². The molecule has 1 N–H and O–H groups in total. The largest absolute Gasteiger partial charge is 0.408 e. The molecule has 0 amide bonds. The number of halogens is 6. The molecule has 0 bridgehead atoms. The molecule has 2 rings (SSSR count). The van der Waals surface area contributed by atoms with Crippen molar-refractivity contribution >= 4 is 47.8 Å². The molecule has 0 unspecified atom stereocenters. The molecule has 0 radical (unpaired) electrons. The lowest BCUT2D eigenvalue weighted by atomic mass is 10.1. The standard InChI is InChI=1S/C10H12ClF3N2S.2ClH/c11-8-2-1-7(17-8)9(10(12,13)14)16-5-3-15-4-6-16;;/h1-2,9,15H,3-6H2;2*1H/t9-;;/m0../s1. The number of nitrogens with zero attached hydrogens (tertiary/aromatic N) is 1. The Morgan fingerprint density at radius 2 is 1.79 bits per heavy atom. The second-order valence-electron chi connectivity index (χ2n) is 3.87. The van der Waals surface area contributed by atoms with E-state index in [0.29, 0.717) is 30.5 Å². The van der Waals surface area contributed by atoms with E-state index in [4.69, 9.17) is 11.6 Å². The number of hydrogen-bond donors (Lipinski definition) is 1.